The van der Waals surface area contributed by atoms with Crippen LogP contribution < -0.4 is 0 Å². The van der Waals surface area contributed by atoms with Gasteiger partial charge in [-0.2, -0.15) is 0 Å². The van der Waals surface area contributed by atoms with Crippen molar-refractivity contribution in [2.75, 3.05) is 20.1 Å². The molecule has 0 heterocycles. The first-order chi connectivity index (χ1) is 5.31. The molecule has 0 atom stereocenters. The molecule has 68 valence electrons. The highest BCUT2D eigenvalue weighted by Crippen LogP contribution is 1.88. The van der Waals surface area contributed by atoms with Gasteiger partial charge in [0.25, 0.3) is 0 Å². The van der Waals surface area contributed by atoms with E-state index in [1.807, 2.05) is 13.8 Å². The van der Waals surface area contributed by atoms with Crippen LogP contribution in [0, 0.1) is 0 Å². The highest BCUT2D eigenvalue weighted by Gasteiger charge is 1.91. The quantitative estimate of drug-likeness (QED) is 0.451. The van der Waals surface area contributed by atoms with Crippen LogP contribution in [0.15, 0.2) is 0 Å². The highest BCUT2D eigenvalue weighted by molar-refractivity contribution is 5.48. The van der Waals surface area contributed by atoms with Crippen LogP contribution in [0.25, 0.3) is 0 Å². The van der Waals surface area contributed by atoms with E-state index in [0.717, 1.165) is 25.8 Å². The van der Waals surface area contributed by atoms with Crippen molar-refractivity contribution in [3.05, 3.63) is 0 Å². The molecule has 0 fully saturated rings. The van der Waals surface area contributed by atoms with E-state index in [4.69, 9.17) is 0 Å². The second-order valence-electron chi connectivity index (χ2n) is 2.20. The maximum Gasteiger partial charge on any atom is 0.120 e. The summed E-state index contributed by atoms with van der Waals surface area (Å²) in [6.07, 6.45) is 2.67. The third-order valence-corrected chi connectivity index (χ3v) is 1.40. The summed E-state index contributed by atoms with van der Waals surface area (Å²) in [6, 6.07) is 0. The van der Waals surface area contributed by atoms with Crippen LogP contribution in [0.4, 0.5) is 0 Å². The molecule has 11 heavy (non-hydrogen) atoms. The lowest BCUT2D eigenvalue weighted by atomic mass is 10.3. The standard InChI is InChI=1S/C7H15NO.C2H6/c1-3-8(2)6-4-5-7-9;1-2/h7H,3-6H2,1-2H3;1-2H3. The van der Waals surface area contributed by atoms with E-state index in [9.17, 15) is 4.79 Å². The third kappa shape index (κ3) is 12.8. The van der Waals surface area contributed by atoms with Gasteiger partial charge in [0.05, 0.1) is 0 Å². The van der Waals surface area contributed by atoms with Crippen molar-refractivity contribution in [3.63, 3.8) is 0 Å². The monoisotopic (exact) mass is 159 g/mol. The Kier molecular flexibility index (Phi) is 14.8. The van der Waals surface area contributed by atoms with E-state index >= 15 is 0 Å². The van der Waals surface area contributed by atoms with Crippen molar-refractivity contribution in [2.45, 2.75) is 33.6 Å². The molecule has 0 aliphatic carbocycles. The Hall–Kier alpha value is -0.370. The zero-order chi connectivity index (χ0) is 9.11. The molecule has 0 spiro atoms. The fraction of sp³-hybridized carbons (Fsp3) is 0.889. The Morgan fingerprint density at radius 2 is 1.91 bits per heavy atom. The molecule has 2 heteroatoms. The van der Waals surface area contributed by atoms with Crippen molar-refractivity contribution in [1.29, 1.82) is 0 Å². The number of nitrogens with zero attached hydrogens (tertiary/aromatic N) is 1. The number of rotatable bonds is 5. The predicted octanol–water partition coefficient (Wildman–Crippen LogP) is 1.94. The minimum absolute atomic E-state index is 0.699. The minimum Gasteiger partial charge on any atom is -0.307 e. The molecule has 0 aliphatic heterocycles. The second-order valence-corrected chi connectivity index (χ2v) is 2.20. The Balaban J connectivity index is 0. The van der Waals surface area contributed by atoms with E-state index in [1.54, 1.807) is 0 Å². The highest BCUT2D eigenvalue weighted by atomic mass is 16.1. The molecular weight excluding hydrogens is 138 g/mol. The number of unbranched alkanes of at least 4 members (excludes halogenated alkanes) is 1. The zero-order valence-corrected chi connectivity index (χ0v) is 8.26. The van der Waals surface area contributed by atoms with E-state index in [1.165, 1.54) is 0 Å². The number of carbonyl (C=O) groups is 1. The largest absolute Gasteiger partial charge is 0.307 e. The maximum absolute atomic E-state index is 9.86. The van der Waals surface area contributed by atoms with Crippen molar-refractivity contribution in [3.8, 4) is 0 Å². The third-order valence-electron chi connectivity index (χ3n) is 1.40. The van der Waals surface area contributed by atoms with E-state index < -0.39 is 0 Å². The Morgan fingerprint density at radius 3 is 2.27 bits per heavy atom. The molecule has 0 aliphatic rings. The van der Waals surface area contributed by atoms with Gasteiger partial charge in [-0.25, -0.2) is 0 Å². The van der Waals surface area contributed by atoms with Crippen molar-refractivity contribution < 1.29 is 4.79 Å². The summed E-state index contributed by atoms with van der Waals surface area (Å²) in [5.74, 6) is 0. The molecule has 0 aromatic rings. The fourth-order valence-corrected chi connectivity index (χ4v) is 0.603. The summed E-state index contributed by atoms with van der Waals surface area (Å²) in [7, 11) is 2.06. The summed E-state index contributed by atoms with van der Waals surface area (Å²) in [5, 5.41) is 0. The van der Waals surface area contributed by atoms with Gasteiger partial charge in [0, 0.05) is 6.42 Å². The lowest BCUT2D eigenvalue weighted by molar-refractivity contribution is -0.107. The summed E-state index contributed by atoms with van der Waals surface area (Å²) >= 11 is 0. The molecule has 2 nitrogen and oxygen atoms in total. The van der Waals surface area contributed by atoms with E-state index in [0.29, 0.717) is 6.42 Å². The molecule has 0 bridgehead atoms. The predicted molar refractivity (Wildman–Crippen MR) is 49.8 cm³/mol. The summed E-state index contributed by atoms with van der Waals surface area (Å²) in [6.45, 7) is 8.22. The molecular formula is C9H21NO. The average Bonchev–Trinajstić information content (AvgIpc) is 2.08. The summed E-state index contributed by atoms with van der Waals surface area (Å²) < 4.78 is 0. The molecule has 0 N–H and O–H groups in total. The average molecular weight is 159 g/mol. The lowest BCUT2D eigenvalue weighted by Gasteiger charge is -2.11. The normalized spacial score (nSPS) is 8.82. The molecule has 0 aromatic carbocycles. The minimum atomic E-state index is 0.699. The fourth-order valence-electron chi connectivity index (χ4n) is 0.603. The number of aldehydes is 1. The van der Waals surface area contributed by atoms with Crippen molar-refractivity contribution in [2.24, 2.45) is 0 Å². The van der Waals surface area contributed by atoms with Gasteiger partial charge in [0.2, 0.25) is 0 Å². The number of hydrogen-bond donors (Lipinski definition) is 0. The van der Waals surface area contributed by atoms with Crippen LogP contribution in [-0.2, 0) is 4.79 Å². The molecule has 0 rings (SSSR count). The Bertz CT molecular complexity index is 74.0. The maximum atomic E-state index is 9.86. The van der Waals surface area contributed by atoms with E-state index in [2.05, 4.69) is 18.9 Å². The van der Waals surface area contributed by atoms with Crippen molar-refractivity contribution in [1.82, 2.24) is 4.90 Å². The number of hydrogen-bond acceptors (Lipinski definition) is 2. The van der Waals surface area contributed by atoms with Gasteiger partial charge in [-0.1, -0.05) is 20.8 Å². The van der Waals surface area contributed by atoms with Crippen LogP contribution in [0.3, 0.4) is 0 Å². The molecule has 0 radical (unpaired) electrons. The molecule has 0 aromatic heterocycles. The van der Waals surface area contributed by atoms with Crippen LogP contribution >= 0.6 is 0 Å². The van der Waals surface area contributed by atoms with Gasteiger partial charge in [0.15, 0.2) is 0 Å². The van der Waals surface area contributed by atoms with Gasteiger partial charge in [-0.05, 0) is 26.6 Å². The van der Waals surface area contributed by atoms with Gasteiger partial charge in [-0.15, -0.1) is 0 Å². The van der Waals surface area contributed by atoms with Crippen LogP contribution in [0.5, 0.6) is 0 Å². The van der Waals surface area contributed by atoms with Crippen LogP contribution in [-0.4, -0.2) is 31.3 Å². The second kappa shape index (κ2) is 12.3. The lowest BCUT2D eigenvalue weighted by Crippen LogP contribution is -2.18. The smallest absolute Gasteiger partial charge is 0.120 e. The summed E-state index contributed by atoms with van der Waals surface area (Å²) in [4.78, 5) is 12.1. The van der Waals surface area contributed by atoms with Gasteiger partial charge < -0.3 is 9.69 Å². The van der Waals surface area contributed by atoms with Gasteiger partial charge in [-0.3, -0.25) is 0 Å². The Morgan fingerprint density at radius 1 is 1.36 bits per heavy atom. The van der Waals surface area contributed by atoms with Crippen LogP contribution in [0.2, 0.25) is 0 Å². The first-order valence-corrected chi connectivity index (χ1v) is 4.43. The van der Waals surface area contributed by atoms with Gasteiger partial charge >= 0.3 is 0 Å². The zero-order valence-electron chi connectivity index (χ0n) is 8.26. The SMILES string of the molecule is CC.CCN(C)CCCC=O. The number of carbonyl (C=O) groups excluding carboxylic acids is 1. The molecule has 0 unspecified atom stereocenters. The topological polar surface area (TPSA) is 20.3 Å². The summed E-state index contributed by atoms with van der Waals surface area (Å²) in [5.41, 5.74) is 0. The van der Waals surface area contributed by atoms with E-state index in [-0.39, 0.29) is 0 Å². The molecule has 0 saturated heterocycles. The Labute approximate surface area is 70.6 Å². The first kappa shape index (κ1) is 13.2. The first-order valence-electron chi connectivity index (χ1n) is 4.43. The van der Waals surface area contributed by atoms with Gasteiger partial charge in [0.1, 0.15) is 6.29 Å². The van der Waals surface area contributed by atoms with Crippen LogP contribution in [0.1, 0.15) is 33.6 Å². The van der Waals surface area contributed by atoms with Crippen molar-refractivity contribution >= 4 is 6.29 Å². The molecule has 0 amide bonds. The molecule has 0 saturated carbocycles.